The van der Waals surface area contributed by atoms with Gasteiger partial charge < -0.3 is 10.1 Å². The molecule has 0 bridgehead atoms. The Hall–Kier alpha value is -1.28. The molecule has 1 aromatic rings. The standard InChI is InChI=1S/C14H21NO/c1-5-12(4)16-14-11(3)8-7-9-13(14)10-15-6-2/h5,7-9,12,15H,1,6,10H2,2-4H3. The van der Waals surface area contributed by atoms with Crippen LogP contribution in [-0.4, -0.2) is 12.6 Å². The van der Waals surface area contributed by atoms with E-state index in [-0.39, 0.29) is 6.10 Å². The van der Waals surface area contributed by atoms with Crippen LogP contribution in [0.4, 0.5) is 0 Å². The minimum atomic E-state index is 0.0430. The van der Waals surface area contributed by atoms with E-state index in [9.17, 15) is 0 Å². The molecule has 0 aliphatic heterocycles. The van der Waals surface area contributed by atoms with Gasteiger partial charge in [0.1, 0.15) is 11.9 Å². The van der Waals surface area contributed by atoms with E-state index in [1.54, 1.807) is 0 Å². The third-order valence-corrected chi connectivity index (χ3v) is 2.49. The van der Waals surface area contributed by atoms with Crippen LogP contribution in [0.3, 0.4) is 0 Å². The molecule has 0 amide bonds. The molecular weight excluding hydrogens is 198 g/mol. The van der Waals surface area contributed by atoms with Crippen molar-refractivity contribution in [3.8, 4) is 5.75 Å². The molecule has 1 rings (SSSR count). The number of ether oxygens (including phenoxy) is 1. The summed E-state index contributed by atoms with van der Waals surface area (Å²) >= 11 is 0. The van der Waals surface area contributed by atoms with Crippen molar-refractivity contribution < 1.29 is 4.74 Å². The van der Waals surface area contributed by atoms with Gasteiger partial charge in [0.2, 0.25) is 0 Å². The van der Waals surface area contributed by atoms with Gasteiger partial charge in [-0.25, -0.2) is 0 Å². The number of para-hydroxylation sites is 1. The SMILES string of the molecule is C=CC(C)Oc1c(C)cccc1CNCC. The Labute approximate surface area is 98.3 Å². The average molecular weight is 219 g/mol. The van der Waals surface area contributed by atoms with Gasteiger partial charge in [0.25, 0.3) is 0 Å². The fourth-order valence-corrected chi connectivity index (χ4v) is 1.51. The highest BCUT2D eigenvalue weighted by atomic mass is 16.5. The molecular formula is C14H21NO. The molecule has 0 aromatic heterocycles. The molecule has 1 unspecified atom stereocenters. The van der Waals surface area contributed by atoms with Crippen LogP contribution in [0, 0.1) is 6.92 Å². The molecule has 1 N–H and O–H groups in total. The summed E-state index contributed by atoms with van der Waals surface area (Å²) in [6, 6.07) is 6.23. The first kappa shape index (κ1) is 12.8. The summed E-state index contributed by atoms with van der Waals surface area (Å²) in [4.78, 5) is 0. The summed E-state index contributed by atoms with van der Waals surface area (Å²) in [5.41, 5.74) is 2.37. The molecule has 0 heterocycles. The molecule has 1 atom stereocenters. The number of nitrogens with one attached hydrogen (secondary N) is 1. The van der Waals surface area contributed by atoms with Gasteiger partial charge in [0.15, 0.2) is 0 Å². The lowest BCUT2D eigenvalue weighted by Crippen LogP contribution is -2.15. The van der Waals surface area contributed by atoms with Crippen LogP contribution in [0.2, 0.25) is 0 Å². The molecule has 0 radical (unpaired) electrons. The summed E-state index contributed by atoms with van der Waals surface area (Å²) < 4.78 is 5.86. The van der Waals surface area contributed by atoms with Crippen LogP contribution in [0.1, 0.15) is 25.0 Å². The maximum Gasteiger partial charge on any atom is 0.127 e. The van der Waals surface area contributed by atoms with Gasteiger partial charge in [-0.15, -0.1) is 0 Å². The van der Waals surface area contributed by atoms with Gasteiger partial charge in [0.05, 0.1) is 0 Å². The summed E-state index contributed by atoms with van der Waals surface area (Å²) in [6.45, 7) is 11.7. The molecule has 16 heavy (non-hydrogen) atoms. The van der Waals surface area contributed by atoms with Crippen LogP contribution >= 0.6 is 0 Å². The number of hydrogen-bond donors (Lipinski definition) is 1. The maximum atomic E-state index is 5.86. The largest absolute Gasteiger partial charge is 0.486 e. The lowest BCUT2D eigenvalue weighted by molar-refractivity contribution is 0.265. The molecule has 0 saturated heterocycles. The van der Waals surface area contributed by atoms with Crippen LogP contribution in [0.15, 0.2) is 30.9 Å². The van der Waals surface area contributed by atoms with Crippen LogP contribution < -0.4 is 10.1 Å². The summed E-state index contributed by atoms with van der Waals surface area (Å²) in [7, 11) is 0. The van der Waals surface area contributed by atoms with E-state index in [4.69, 9.17) is 4.74 Å². The Kier molecular flexibility index (Phi) is 5.06. The van der Waals surface area contributed by atoms with E-state index in [2.05, 4.69) is 43.9 Å². The zero-order valence-corrected chi connectivity index (χ0v) is 10.4. The molecule has 0 aliphatic rings. The quantitative estimate of drug-likeness (QED) is 0.742. The zero-order valence-electron chi connectivity index (χ0n) is 10.4. The number of rotatable bonds is 6. The highest BCUT2D eigenvalue weighted by Crippen LogP contribution is 2.24. The van der Waals surface area contributed by atoms with E-state index in [0.29, 0.717) is 0 Å². The first-order valence-corrected chi connectivity index (χ1v) is 5.77. The number of aryl methyl sites for hydroxylation is 1. The van der Waals surface area contributed by atoms with Crippen molar-refractivity contribution in [3.05, 3.63) is 42.0 Å². The van der Waals surface area contributed by atoms with Crippen molar-refractivity contribution in [3.63, 3.8) is 0 Å². The molecule has 88 valence electrons. The molecule has 2 nitrogen and oxygen atoms in total. The maximum absolute atomic E-state index is 5.86. The van der Waals surface area contributed by atoms with E-state index in [1.165, 1.54) is 11.1 Å². The second kappa shape index (κ2) is 6.33. The Morgan fingerprint density at radius 2 is 2.25 bits per heavy atom. The Morgan fingerprint density at radius 1 is 1.50 bits per heavy atom. The van der Waals surface area contributed by atoms with Crippen LogP contribution in [0.5, 0.6) is 5.75 Å². The van der Waals surface area contributed by atoms with Gasteiger partial charge >= 0.3 is 0 Å². The van der Waals surface area contributed by atoms with Crippen molar-refractivity contribution >= 4 is 0 Å². The number of benzene rings is 1. The fraction of sp³-hybridized carbons (Fsp3) is 0.429. The molecule has 0 saturated carbocycles. The molecule has 0 fully saturated rings. The first-order chi connectivity index (χ1) is 7.69. The van der Waals surface area contributed by atoms with Crippen LogP contribution in [0.25, 0.3) is 0 Å². The third kappa shape index (κ3) is 3.38. The Balaban J connectivity index is 2.89. The number of hydrogen-bond acceptors (Lipinski definition) is 2. The van der Waals surface area contributed by atoms with Crippen molar-refractivity contribution in [1.82, 2.24) is 5.32 Å². The first-order valence-electron chi connectivity index (χ1n) is 5.77. The molecule has 0 aliphatic carbocycles. The summed E-state index contributed by atoms with van der Waals surface area (Å²) in [6.07, 6.45) is 1.85. The van der Waals surface area contributed by atoms with Crippen LogP contribution in [-0.2, 0) is 6.54 Å². The summed E-state index contributed by atoms with van der Waals surface area (Å²) in [5, 5.41) is 3.32. The van der Waals surface area contributed by atoms with E-state index in [0.717, 1.165) is 18.8 Å². The van der Waals surface area contributed by atoms with Crippen molar-refractivity contribution in [2.75, 3.05) is 6.54 Å². The lowest BCUT2D eigenvalue weighted by Gasteiger charge is -2.17. The fourth-order valence-electron chi connectivity index (χ4n) is 1.51. The smallest absolute Gasteiger partial charge is 0.127 e. The Bertz CT molecular complexity index is 347. The normalized spacial score (nSPS) is 12.2. The van der Waals surface area contributed by atoms with Crippen molar-refractivity contribution in [1.29, 1.82) is 0 Å². The monoisotopic (exact) mass is 219 g/mol. The predicted octanol–water partition coefficient (Wildman–Crippen LogP) is 3.06. The predicted molar refractivity (Wildman–Crippen MR) is 68.8 cm³/mol. The molecule has 0 spiro atoms. The van der Waals surface area contributed by atoms with Gasteiger partial charge in [0, 0.05) is 12.1 Å². The second-order valence-corrected chi connectivity index (χ2v) is 3.90. The van der Waals surface area contributed by atoms with Gasteiger partial charge in [-0.2, -0.15) is 0 Å². The minimum Gasteiger partial charge on any atom is -0.486 e. The molecule has 1 aromatic carbocycles. The Morgan fingerprint density at radius 3 is 2.88 bits per heavy atom. The van der Waals surface area contributed by atoms with Gasteiger partial charge in [-0.1, -0.05) is 37.8 Å². The molecule has 2 heteroatoms. The zero-order chi connectivity index (χ0) is 12.0. The highest BCUT2D eigenvalue weighted by Gasteiger charge is 2.08. The minimum absolute atomic E-state index is 0.0430. The van der Waals surface area contributed by atoms with E-state index >= 15 is 0 Å². The summed E-state index contributed by atoms with van der Waals surface area (Å²) in [5.74, 6) is 0.982. The van der Waals surface area contributed by atoms with Gasteiger partial charge in [-0.05, 0) is 26.0 Å². The van der Waals surface area contributed by atoms with Gasteiger partial charge in [-0.3, -0.25) is 0 Å². The lowest BCUT2D eigenvalue weighted by atomic mass is 10.1. The highest BCUT2D eigenvalue weighted by molar-refractivity contribution is 5.41. The topological polar surface area (TPSA) is 21.3 Å². The third-order valence-electron chi connectivity index (χ3n) is 2.49. The van der Waals surface area contributed by atoms with E-state index < -0.39 is 0 Å². The average Bonchev–Trinajstić information content (AvgIpc) is 2.29. The second-order valence-electron chi connectivity index (χ2n) is 3.90. The van der Waals surface area contributed by atoms with Crippen molar-refractivity contribution in [2.24, 2.45) is 0 Å². The van der Waals surface area contributed by atoms with Crippen molar-refractivity contribution in [2.45, 2.75) is 33.4 Å². The van der Waals surface area contributed by atoms with E-state index in [1.807, 2.05) is 13.0 Å².